The predicted octanol–water partition coefficient (Wildman–Crippen LogP) is -1.96. The summed E-state index contributed by atoms with van der Waals surface area (Å²) in [5.41, 5.74) is 19.5. The van der Waals surface area contributed by atoms with Gasteiger partial charge in [-0.2, -0.15) is 8.88 Å². The average molecular weight is 785 g/mol. The molecule has 0 radical (unpaired) electrons. The highest BCUT2D eigenvalue weighted by Gasteiger charge is 2.51. The summed E-state index contributed by atoms with van der Waals surface area (Å²) in [6.07, 6.45) is -10.1. The Morgan fingerprint density at radius 1 is 1.04 bits per heavy atom. The molecule has 2 aliphatic heterocycles. The van der Waals surface area contributed by atoms with Gasteiger partial charge in [0.2, 0.25) is 5.95 Å². The Hall–Kier alpha value is -3.55. The molecule has 2 fully saturated rings. The molecule has 10 atom stereocenters. The van der Waals surface area contributed by atoms with Gasteiger partial charge in [0.1, 0.15) is 41.6 Å². The van der Waals surface area contributed by atoms with Crippen molar-refractivity contribution in [2.75, 3.05) is 18.9 Å². The minimum Gasteiger partial charge on any atom is -0.387 e. The fourth-order valence-corrected chi connectivity index (χ4v) is 7.61. The van der Waals surface area contributed by atoms with Crippen LogP contribution >= 0.6 is 23.5 Å². The number of nitrogens with two attached hydrogens (primary N) is 2. The van der Waals surface area contributed by atoms with E-state index in [1.807, 2.05) is 0 Å². The Balaban J connectivity index is 1.24. The van der Waals surface area contributed by atoms with Crippen LogP contribution in [0.25, 0.3) is 21.6 Å². The molecule has 27 nitrogen and oxygen atoms in total. The van der Waals surface area contributed by atoms with Gasteiger partial charge in [-0.25, -0.2) is 28.6 Å². The van der Waals surface area contributed by atoms with Gasteiger partial charge in [-0.1, -0.05) is 0 Å². The second-order valence-corrected chi connectivity index (χ2v) is 14.8. The largest absolute Gasteiger partial charge is 0.481 e. The summed E-state index contributed by atoms with van der Waals surface area (Å²) < 4.78 is 68.4. The molecule has 1 amide bonds. The summed E-state index contributed by atoms with van der Waals surface area (Å²) in [6, 6.07) is 2.77. The quantitative estimate of drug-likeness (QED) is 0.0282. The molecule has 3 aromatic heterocycles. The lowest BCUT2D eigenvalue weighted by molar-refractivity contribution is -0.765. The summed E-state index contributed by atoms with van der Waals surface area (Å²) >= 11 is 0. The summed E-state index contributed by atoms with van der Waals surface area (Å²) in [7, 11) is -16.5. The van der Waals surface area contributed by atoms with E-state index in [9.17, 15) is 53.4 Å². The minimum absolute atomic E-state index is 0.0288. The molecule has 5 heterocycles. The van der Waals surface area contributed by atoms with Crippen LogP contribution in [0.5, 0.6) is 0 Å². The van der Waals surface area contributed by atoms with E-state index in [0.717, 1.165) is 10.9 Å². The normalized spacial score (nSPS) is 29.0. The lowest BCUT2D eigenvalue weighted by atomic mass is 10.1. The van der Waals surface area contributed by atoms with Crippen molar-refractivity contribution in [1.29, 1.82) is 0 Å². The zero-order valence-electron chi connectivity index (χ0n) is 25.2. The van der Waals surface area contributed by atoms with Crippen molar-refractivity contribution in [1.82, 2.24) is 19.5 Å². The van der Waals surface area contributed by atoms with Crippen molar-refractivity contribution >= 4 is 52.3 Å². The number of phosphoric acid groups is 3. The zero-order chi connectivity index (χ0) is 37.5. The van der Waals surface area contributed by atoms with Gasteiger partial charge in [-0.3, -0.25) is 22.9 Å². The number of aromatic nitrogens is 5. The van der Waals surface area contributed by atoms with Crippen LogP contribution in [0.2, 0.25) is 0 Å². The van der Waals surface area contributed by atoms with E-state index in [-0.39, 0.29) is 22.5 Å². The number of hydrogen-bond donors (Lipinski definition) is 9. The van der Waals surface area contributed by atoms with Crippen LogP contribution in [0.3, 0.4) is 0 Å². The van der Waals surface area contributed by atoms with E-state index >= 15 is 0 Å². The molecule has 11 N–H and O–H groups in total. The zero-order valence-corrected chi connectivity index (χ0v) is 27.9. The number of pyridine rings is 1. The number of amides is 1. The van der Waals surface area contributed by atoms with Gasteiger partial charge in [-0.15, -0.1) is 0 Å². The first-order valence-corrected chi connectivity index (χ1v) is 18.4. The molecular formula is C21H28N10O17P3+. The van der Waals surface area contributed by atoms with E-state index in [2.05, 4.69) is 38.3 Å². The Morgan fingerprint density at radius 2 is 1.69 bits per heavy atom. The standard InChI is InChI=1S/C21H27N10O17P3/c22-16-11-18(27-21(26-16)28-29-24)31(7-25-11)20-15(47-49(36,37)38)13(33)10(46-20)6-44-51(41,42)48-50(39,40)43-5-9-12(32)14(34)19(45-9)30-3-1-2-8(4-30)17(23)35/h1-4,7,9-10,12-15,19-20,32-34H,5-6H2,(H7-,22,23,26,27,35,36,37,38,39,40,41,42)/p+1/t9-,10-,12-,13-,14-,15-,19-,20-/m1/s1. The van der Waals surface area contributed by atoms with Gasteiger partial charge in [0.05, 0.1) is 19.5 Å². The monoisotopic (exact) mass is 785 g/mol. The van der Waals surface area contributed by atoms with Crippen molar-refractivity contribution in [2.24, 2.45) is 10.8 Å². The number of carbonyl (C=O) groups is 1. The van der Waals surface area contributed by atoms with Crippen LogP contribution < -0.4 is 16.0 Å². The van der Waals surface area contributed by atoms with Gasteiger partial charge >= 0.3 is 23.5 Å². The number of phosphoric ester groups is 3. The average Bonchev–Trinajstić information content (AvgIpc) is 3.68. The molecule has 5 rings (SSSR count). The van der Waals surface area contributed by atoms with Gasteiger partial charge in [0.25, 0.3) is 12.1 Å². The number of carbonyl (C=O) groups excluding carboxylic acids is 1. The Kier molecular flexibility index (Phi) is 11.2. The number of nitrogens with zero attached hydrogens (tertiary/aromatic N) is 8. The Morgan fingerprint density at radius 3 is 2.29 bits per heavy atom. The summed E-state index contributed by atoms with van der Waals surface area (Å²) in [5.74, 6) is -1.56. The van der Waals surface area contributed by atoms with Gasteiger partial charge in [0.15, 0.2) is 36.2 Å². The molecule has 0 saturated carbocycles. The van der Waals surface area contributed by atoms with Crippen LogP contribution in [-0.4, -0.2) is 110 Å². The van der Waals surface area contributed by atoms with Crippen molar-refractivity contribution in [3.05, 3.63) is 46.9 Å². The van der Waals surface area contributed by atoms with E-state index < -0.39 is 97.6 Å². The summed E-state index contributed by atoms with van der Waals surface area (Å²) in [6.45, 7) is -2.12. The van der Waals surface area contributed by atoms with E-state index in [1.165, 1.54) is 29.1 Å². The number of azide groups is 1. The third-order valence-electron chi connectivity index (χ3n) is 7.16. The molecule has 278 valence electrons. The van der Waals surface area contributed by atoms with Gasteiger partial charge in [-0.05, 0) is 16.7 Å². The third-order valence-corrected chi connectivity index (χ3v) is 10.3. The molecule has 2 aliphatic rings. The number of rotatable bonds is 14. The highest BCUT2D eigenvalue weighted by Crippen LogP contribution is 2.61. The molecule has 2 unspecified atom stereocenters. The number of primary amides is 1. The molecule has 3 aromatic rings. The molecule has 30 heteroatoms. The SMILES string of the molecule is [N-]=[N+]=Nc1nc(N)c2ncn([C@@H]3O[C@H](COP(=O)(O)OP(=O)(O)OC[C@H]4O[C@@H]([n+]5cccc(C(N)=O)c5)[C@H](O)[C@@H]4O)[C@@H](O)[C@H]3OP(=O)(O)O)c2n1. The minimum atomic E-state index is -5.58. The molecule has 0 spiro atoms. The van der Waals surface area contributed by atoms with E-state index in [0.29, 0.717) is 0 Å². The van der Waals surface area contributed by atoms with Crippen molar-refractivity contribution < 1.29 is 85.3 Å². The maximum Gasteiger partial charge on any atom is 0.481 e. The fraction of sp³-hybridized carbons (Fsp3) is 0.476. The van der Waals surface area contributed by atoms with Gasteiger partial charge in [0, 0.05) is 11.0 Å². The maximum absolute atomic E-state index is 12.6. The van der Waals surface area contributed by atoms with Gasteiger partial charge < -0.3 is 55.8 Å². The van der Waals surface area contributed by atoms with Crippen LogP contribution in [0, 0.1) is 0 Å². The van der Waals surface area contributed by atoms with E-state index in [4.69, 9.17) is 31.0 Å². The van der Waals surface area contributed by atoms with Crippen LogP contribution in [0.1, 0.15) is 22.8 Å². The maximum atomic E-state index is 12.6. The lowest BCUT2D eigenvalue weighted by Gasteiger charge is -2.22. The van der Waals surface area contributed by atoms with Crippen LogP contribution in [0.15, 0.2) is 36.0 Å². The van der Waals surface area contributed by atoms with Crippen molar-refractivity contribution in [3.63, 3.8) is 0 Å². The first-order chi connectivity index (χ1) is 23.8. The first-order valence-electron chi connectivity index (χ1n) is 13.9. The molecule has 51 heavy (non-hydrogen) atoms. The van der Waals surface area contributed by atoms with E-state index in [1.54, 1.807) is 0 Å². The number of nitrogen functional groups attached to an aromatic ring is 1. The predicted molar refractivity (Wildman–Crippen MR) is 159 cm³/mol. The molecule has 0 aliphatic carbocycles. The number of aliphatic hydroxyl groups is 3. The smallest absolute Gasteiger partial charge is 0.387 e. The number of hydrogen-bond acceptors (Lipinski definition) is 18. The second kappa shape index (κ2) is 14.8. The van der Waals surface area contributed by atoms with Crippen LogP contribution in [0.4, 0.5) is 11.8 Å². The lowest BCUT2D eigenvalue weighted by Crippen LogP contribution is -2.46. The topological polar surface area (TPSA) is 414 Å². The number of fused-ring (bicyclic) bond motifs is 1. The Labute approximate surface area is 283 Å². The van der Waals surface area contributed by atoms with Crippen molar-refractivity contribution in [3.8, 4) is 0 Å². The molecule has 0 bridgehead atoms. The molecule has 0 aromatic carbocycles. The summed E-state index contributed by atoms with van der Waals surface area (Å²) in [4.78, 5) is 64.8. The summed E-state index contributed by atoms with van der Waals surface area (Å²) in [5, 5.41) is 34.9. The number of anilines is 1. The number of ether oxygens (including phenoxy) is 2. The molecule has 2 saturated heterocycles. The Bertz CT molecular complexity index is 1990. The molecular weight excluding hydrogens is 757 g/mol. The van der Waals surface area contributed by atoms with Crippen molar-refractivity contribution in [2.45, 2.75) is 49.1 Å². The highest BCUT2D eigenvalue weighted by molar-refractivity contribution is 7.61. The first kappa shape index (κ1) is 38.7. The second-order valence-electron chi connectivity index (χ2n) is 10.6. The third kappa shape index (κ3) is 8.92. The van der Waals surface area contributed by atoms with Crippen LogP contribution in [-0.2, 0) is 41.1 Å². The fourth-order valence-electron chi connectivity index (χ4n) is 4.97. The number of imidazole rings is 1. The highest BCUT2D eigenvalue weighted by atomic mass is 31.3. The number of aliphatic hydroxyl groups excluding tert-OH is 3.